The van der Waals surface area contributed by atoms with Gasteiger partial charge < -0.3 is 19.5 Å². The second-order valence-electron chi connectivity index (χ2n) is 6.40. The zero-order valence-electron chi connectivity index (χ0n) is 15.4. The van der Waals surface area contributed by atoms with Crippen molar-refractivity contribution in [2.24, 2.45) is 0 Å². The van der Waals surface area contributed by atoms with Crippen LogP contribution in [0.1, 0.15) is 56.3 Å². The average molecular weight is 349 g/mol. The number of esters is 1. The summed E-state index contributed by atoms with van der Waals surface area (Å²) in [5.41, 5.74) is 0.0286. The Hall–Kier alpha value is -2.08. The quantitative estimate of drug-likeness (QED) is 0.762. The molecule has 1 saturated carbocycles. The van der Waals surface area contributed by atoms with Crippen LogP contribution in [0.2, 0.25) is 0 Å². The van der Waals surface area contributed by atoms with Crippen molar-refractivity contribution in [1.29, 1.82) is 0 Å². The molecule has 1 N–H and O–H groups in total. The second kappa shape index (κ2) is 8.34. The minimum atomic E-state index is -0.780. The van der Waals surface area contributed by atoms with Crippen LogP contribution in [0.15, 0.2) is 18.2 Å². The van der Waals surface area contributed by atoms with Gasteiger partial charge in [-0.15, -0.1) is 0 Å². The van der Waals surface area contributed by atoms with E-state index in [4.69, 9.17) is 14.2 Å². The van der Waals surface area contributed by atoms with E-state index in [9.17, 15) is 9.59 Å². The van der Waals surface area contributed by atoms with Gasteiger partial charge in [0, 0.05) is 12.8 Å². The van der Waals surface area contributed by atoms with Crippen molar-refractivity contribution in [2.75, 3.05) is 19.5 Å². The van der Waals surface area contributed by atoms with E-state index < -0.39 is 11.6 Å². The van der Waals surface area contributed by atoms with E-state index in [1.807, 2.05) is 13.8 Å². The number of methoxy groups -OCH3 is 2. The fourth-order valence-electron chi connectivity index (χ4n) is 3.00. The highest BCUT2D eigenvalue weighted by molar-refractivity contribution is 5.99. The van der Waals surface area contributed by atoms with E-state index in [0.717, 1.165) is 19.3 Å². The maximum Gasteiger partial charge on any atom is 0.341 e. The topological polar surface area (TPSA) is 73.9 Å². The highest BCUT2D eigenvalue weighted by Crippen LogP contribution is 2.34. The Morgan fingerprint density at radius 3 is 2.48 bits per heavy atom. The summed E-state index contributed by atoms with van der Waals surface area (Å²) < 4.78 is 16.1. The standard InChI is InChI=1S/C19H27NO5/c1-5-13(2)25-16-9-8-14(12-15(16)17(21)23-3)20-18(22)19(24-4)10-6-7-11-19/h8-9,12-13H,5-7,10-11H2,1-4H3,(H,20,22). The van der Waals surface area contributed by atoms with Crippen LogP contribution in [0, 0.1) is 0 Å². The summed E-state index contributed by atoms with van der Waals surface area (Å²) in [5, 5.41) is 2.86. The summed E-state index contributed by atoms with van der Waals surface area (Å²) in [5.74, 6) is -0.239. The Morgan fingerprint density at radius 2 is 1.92 bits per heavy atom. The molecule has 0 aliphatic heterocycles. The van der Waals surface area contributed by atoms with Crippen molar-refractivity contribution in [1.82, 2.24) is 0 Å². The van der Waals surface area contributed by atoms with Crippen LogP contribution in [0.3, 0.4) is 0 Å². The van der Waals surface area contributed by atoms with Crippen LogP contribution in [-0.4, -0.2) is 37.8 Å². The lowest BCUT2D eigenvalue weighted by Gasteiger charge is -2.26. The second-order valence-corrected chi connectivity index (χ2v) is 6.40. The average Bonchev–Trinajstić information content (AvgIpc) is 3.12. The molecule has 2 rings (SSSR count). The first-order valence-electron chi connectivity index (χ1n) is 8.71. The van der Waals surface area contributed by atoms with Crippen LogP contribution in [0.4, 0.5) is 5.69 Å². The molecule has 138 valence electrons. The van der Waals surface area contributed by atoms with Crippen LogP contribution in [0.5, 0.6) is 5.75 Å². The fraction of sp³-hybridized carbons (Fsp3) is 0.579. The van der Waals surface area contributed by atoms with E-state index >= 15 is 0 Å². The fourth-order valence-corrected chi connectivity index (χ4v) is 3.00. The molecule has 1 fully saturated rings. The minimum absolute atomic E-state index is 0.0286. The third kappa shape index (κ3) is 4.31. The molecule has 1 aliphatic rings. The van der Waals surface area contributed by atoms with Crippen LogP contribution < -0.4 is 10.1 Å². The molecule has 0 heterocycles. The monoisotopic (exact) mass is 349 g/mol. The normalized spacial score (nSPS) is 17.0. The van der Waals surface area contributed by atoms with Gasteiger partial charge in [0.05, 0.1) is 13.2 Å². The van der Waals surface area contributed by atoms with E-state index in [0.29, 0.717) is 29.8 Å². The minimum Gasteiger partial charge on any atom is -0.490 e. The Labute approximate surface area is 148 Å². The molecule has 0 saturated heterocycles. The number of hydrogen-bond acceptors (Lipinski definition) is 5. The van der Waals surface area contributed by atoms with Gasteiger partial charge in [0.1, 0.15) is 16.9 Å². The summed E-state index contributed by atoms with van der Waals surface area (Å²) in [6.45, 7) is 3.93. The van der Waals surface area contributed by atoms with Crippen molar-refractivity contribution >= 4 is 17.6 Å². The zero-order valence-corrected chi connectivity index (χ0v) is 15.4. The number of ether oxygens (including phenoxy) is 3. The van der Waals surface area contributed by atoms with E-state index in [1.54, 1.807) is 25.3 Å². The molecule has 25 heavy (non-hydrogen) atoms. The van der Waals surface area contributed by atoms with Crippen molar-refractivity contribution in [3.05, 3.63) is 23.8 Å². The number of anilines is 1. The Kier molecular flexibility index (Phi) is 6.42. The van der Waals surface area contributed by atoms with Gasteiger partial charge in [-0.05, 0) is 57.2 Å². The van der Waals surface area contributed by atoms with Gasteiger partial charge in [0.15, 0.2) is 0 Å². The van der Waals surface area contributed by atoms with Crippen molar-refractivity contribution < 1.29 is 23.8 Å². The molecule has 6 nitrogen and oxygen atoms in total. The van der Waals surface area contributed by atoms with Gasteiger partial charge in [-0.1, -0.05) is 6.92 Å². The number of carbonyl (C=O) groups is 2. The number of benzene rings is 1. The smallest absolute Gasteiger partial charge is 0.341 e. The molecule has 6 heteroatoms. The predicted octanol–water partition coefficient (Wildman–Crippen LogP) is 3.55. The van der Waals surface area contributed by atoms with Crippen LogP contribution in [-0.2, 0) is 14.3 Å². The first-order valence-corrected chi connectivity index (χ1v) is 8.71. The molecule has 0 aromatic heterocycles. The summed E-state index contributed by atoms with van der Waals surface area (Å²) in [6, 6.07) is 4.99. The lowest BCUT2D eigenvalue weighted by molar-refractivity contribution is -0.137. The molecule has 0 radical (unpaired) electrons. The highest BCUT2D eigenvalue weighted by atomic mass is 16.5. The van der Waals surface area contributed by atoms with Crippen LogP contribution in [0.25, 0.3) is 0 Å². The van der Waals surface area contributed by atoms with Gasteiger partial charge in [-0.25, -0.2) is 4.79 Å². The third-order valence-corrected chi connectivity index (χ3v) is 4.76. The Balaban J connectivity index is 2.24. The first kappa shape index (κ1) is 19.2. The van der Waals surface area contributed by atoms with E-state index in [2.05, 4.69) is 5.32 Å². The number of hydrogen-bond donors (Lipinski definition) is 1. The number of amides is 1. The third-order valence-electron chi connectivity index (χ3n) is 4.76. The largest absolute Gasteiger partial charge is 0.490 e. The number of rotatable bonds is 7. The summed E-state index contributed by atoms with van der Waals surface area (Å²) >= 11 is 0. The van der Waals surface area contributed by atoms with Crippen molar-refractivity contribution in [2.45, 2.75) is 57.7 Å². The zero-order chi connectivity index (χ0) is 18.4. The van der Waals surface area contributed by atoms with Gasteiger partial charge in [-0.3, -0.25) is 4.79 Å². The molecule has 1 aliphatic carbocycles. The van der Waals surface area contributed by atoms with Gasteiger partial charge >= 0.3 is 5.97 Å². The molecule has 0 spiro atoms. The molecule has 1 atom stereocenters. The Morgan fingerprint density at radius 1 is 1.24 bits per heavy atom. The summed E-state index contributed by atoms with van der Waals surface area (Å²) in [7, 11) is 2.88. The van der Waals surface area contributed by atoms with E-state index in [-0.39, 0.29) is 12.0 Å². The first-order chi connectivity index (χ1) is 12.0. The Bertz CT molecular complexity index is 622. The number of nitrogens with one attached hydrogen (secondary N) is 1. The molecule has 0 bridgehead atoms. The van der Waals surface area contributed by atoms with Gasteiger partial charge in [0.25, 0.3) is 5.91 Å². The highest BCUT2D eigenvalue weighted by Gasteiger charge is 2.41. The molecule has 1 amide bonds. The molecular formula is C19H27NO5. The van der Waals surface area contributed by atoms with E-state index in [1.165, 1.54) is 7.11 Å². The lowest BCUT2D eigenvalue weighted by atomic mass is 10.0. The van der Waals surface area contributed by atoms with Gasteiger partial charge in [0.2, 0.25) is 0 Å². The van der Waals surface area contributed by atoms with Crippen molar-refractivity contribution in [3.8, 4) is 5.75 Å². The van der Waals surface area contributed by atoms with Gasteiger partial charge in [-0.2, -0.15) is 0 Å². The van der Waals surface area contributed by atoms with Crippen molar-refractivity contribution in [3.63, 3.8) is 0 Å². The molecule has 1 aromatic rings. The lowest BCUT2D eigenvalue weighted by Crippen LogP contribution is -2.42. The summed E-state index contributed by atoms with van der Waals surface area (Å²) in [4.78, 5) is 24.7. The predicted molar refractivity (Wildman–Crippen MR) is 95.0 cm³/mol. The molecule has 1 aromatic carbocycles. The van der Waals surface area contributed by atoms with Crippen LogP contribution >= 0.6 is 0 Å². The molecular weight excluding hydrogens is 322 g/mol. The maximum absolute atomic E-state index is 12.6. The molecule has 1 unspecified atom stereocenters. The maximum atomic E-state index is 12.6. The number of carbonyl (C=O) groups excluding carboxylic acids is 2. The summed E-state index contributed by atoms with van der Waals surface area (Å²) in [6.07, 6.45) is 4.13. The SMILES string of the molecule is CCC(C)Oc1ccc(NC(=O)C2(OC)CCCC2)cc1C(=O)OC.